The van der Waals surface area contributed by atoms with E-state index in [1.807, 2.05) is 0 Å². The fourth-order valence-electron chi connectivity index (χ4n) is 1.66. The van der Waals surface area contributed by atoms with Crippen molar-refractivity contribution in [2.24, 2.45) is 5.73 Å². The lowest BCUT2D eigenvalue weighted by Gasteiger charge is -2.05. The summed E-state index contributed by atoms with van der Waals surface area (Å²) in [6.07, 6.45) is 0. The molecular weight excluding hydrogens is 373 g/mol. The van der Waals surface area contributed by atoms with E-state index in [4.69, 9.17) is 39.1 Å². The van der Waals surface area contributed by atoms with Crippen LogP contribution in [0.5, 0.6) is 5.75 Å². The summed E-state index contributed by atoms with van der Waals surface area (Å²) in [6.45, 7) is 0.338. The Balaban J connectivity index is 0.000000257. The van der Waals surface area contributed by atoms with Crippen LogP contribution in [0.25, 0.3) is 0 Å². The number of nitrogens with one attached hydrogen (secondary N) is 1. The Morgan fingerprint density at radius 2 is 1.92 bits per heavy atom. The van der Waals surface area contributed by atoms with Crippen LogP contribution in [0, 0.1) is 10.1 Å². The third-order valence-electron chi connectivity index (χ3n) is 2.81. The first-order chi connectivity index (χ1) is 11.8. The molecule has 8 nitrogen and oxygen atoms in total. The Labute approximate surface area is 152 Å². The van der Waals surface area contributed by atoms with Crippen LogP contribution in [0.15, 0.2) is 36.4 Å². The lowest BCUT2D eigenvalue weighted by atomic mass is 10.2. The number of primary amides is 1. The van der Waals surface area contributed by atoms with Crippen molar-refractivity contribution in [1.82, 2.24) is 0 Å². The molecule has 1 amide bonds. The van der Waals surface area contributed by atoms with Gasteiger partial charge in [0.15, 0.2) is 0 Å². The van der Waals surface area contributed by atoms with E-state index in [1.54, 1.807) is 0 Å². The highest BCUT2D eigenvalue weighted by Crippen LogP contribution is 2.26. The average molecular weight is 388 g/mol. The molecule has 0 aliphatic heterocycles. The molecule has 25 heavy (non-hydrogen) atoms. The van der Waals surface area contributed by atoms with Gasteiger partial charge in [-0.25, -0.2) is 0 Å². The van der Waals surface area contributed by atoms with Crippen LogP contribution >= 0.6 is 23.2 Å². The molecule has 0 aliphatic carbocycles. The number of carbonyl (C=O) groups is 1. The topological polar surface area (TPSA) is 139 Å². The molecule has 2 aromatic carbocycles. The summed E-state index contributed by atoms with van der Waals surface area (Å²) < 4.78 is 0. The number of rotatable bonds is 5. The lowest BCUT2D eigenvalue weighted by molar-refractivity contribution is -0.384. The molecule has 0 spiro atoms. The molecule has 0 fully saturated rings. The van der Waals surface area contributed by atoms with Gasteiger partial charge in [0.1, 0.15) is 5.75 Å². The number of hydrogen-bond acceptors (Lipinski definition) is 6. The van der Waals surface area contributed by atoms with Gasteiger partial charge in [-0.15, -0.1) is 0 Å². The van der Waals surface area contributed by atoms with Gasteiger partial charge in [-0.05, 0) is 24.3 Å². The molecular formula is C15H15Cl2N3O5. The molecule has 0 unspecified atom stereocenters. The Morgan fingerprint density at radius 3 is 2.40 bits per heavy atom. The number of non-ortho nitro benzene ring substituents is 1. The van der Waals surface area contributed by atoms with Crippen LogP contribution in [-0.4, -0.2) is 34.2 Å². The predicted molar refractivity (Wildman–Crippen MR) is 95.3 cm³/mol. The largest absolute Gasteiger partial charge is 0.507 e. The highest BCUT2D eigenvalue weighted by atomic mass is 35.5. The molecule has 0 saturated heterocycles. The minimum absolute atomic E-state index is 0.0205. The van der Waals surface area contributed by atoms with Crippen molar-refractivity contribution in [3.63, 3.8) is 0 Å². The van der Waals surface area contributed by atoms with E-state index in [0.29, 0.717) is 17.3 Å². The van der Waals surface area contributed by atoms with Crippen LogP contribution < -0.4 is 11.1 Å². The molecule has 0 bridgehead atoms. The van der Waals surface area contributed by atoms with Crippen LogP contribution in [0.3, 0.4) is 0 Å². The van der Waals surface area contributed by atoms with Gasteiger partial charge in [0.05, 0.1) is 27.8 Å². The second-order valence-corrected chi connectivity index (χ2v) is 5.44. The first-order valence-electron chi connectivity index (χ1n) is 6.83. The van der Waals surface area contributed by atoms with Gasteiger partial charge in [0, 0.05) is 23.7 Å². The number of benzene rings is 2. The third-order valence-corrected chi connectivity index (χ3v) is 3.36. The maximum atomic E-state index is 10.6. The summed E-state index contributed by atoms with van der Waals surface area (Å²) >= 11 is 11.3. The fraction of sp³-hybridized carbons (Fsp3) is 0.133. The van der Waals surface area contributed by atoms with Crippen molar-refractivity contribution in [3.05, 3.63) is 62.1 Å². The van der Waals surface area contributed by atoms with Crippen molar-refractivity contribution < 1.29 is 19.9 Å². The number of phenols is 1. The van der Waals surface area contributed by atoms with E-state index >= 15 is 0 Å². The van der Waals surface area contributed by atoms with Gasteiger partial charge in [0.25, 0.3) is 11.6 Å². The summed E-state index contributed by atoms with van der Waals surface area (Å²) in [5, 5.41) is 31.4. The average Bonchev–Trinajstić information content (AvgIpc) is 2.56. The molecule has 10 heteroatoms. The molecule has 0 radical (unpaired) electrons. The number of amides is 1. The van der Waals surface area contributed by atoms with Crippen LogP contribution in [0.1, 0.15) is 10.4 Å². The Kier molecular flexibility index (Phi) is 7.93. The van der Waals surface area contributed by atoms with E-state index in [0.717, 1.165) is 0 Å². The maximum Gasteiger partial charge on any atom is 0.271 e. The normalized spacial score (nSPS) is 9.72. The van der Waals surface area contributed by atoms with Crippen LogP contribution in [-0.2, 0) is 0 Å². The van der Waals surface area contributed by atoms with Gasteiger partial charge in [0.2, 0.25) is 0 Å². The number of aliphatic hydroxyl groups is 1. The standard InChI is InChI=1S/C8H9ClN2O3.C7H6ClNO2/c9-7-5-6(11(13)14)1-2-8(7)10-3-4-12;8-4-1-2-6(10)5(3-4)7(9)11/h1-2,5,10,12H,3-4H2;1-3,10H,(H2,9,11). The van der Waals surface area contributed by atoms with Gasteiger partial charge in [-0.1, -0.05) is 23.2 Å². The highest BCUT2D eigenvalue weighted by molar-refractivity contribution is 6.33. The van der Waals surface area contributed by atoms with Crippen LogP contribution in [0.4, 0.5) is 11.4 Å². The van der Waals surface area contributed by atoms with Gasteiger partial charge in [-0.2, -0.15) is 0 Å². The third kappa shape index (κ3) is 6.46. The molecule has 0 aromatic heterocycles. The number of halogens is 2. The summed E-state index contributed by atoms with van der Waals surface area (Å²) in [6, 6.07) is 8.24. The summed E-state index contributed by atoms with van der Waals surface area (Å²) in [5.41, 5.74) is 5.49. The van der Waals surface area contributed by atoms with Gasteiger partial charge in [-0.3, -0.25) is 14.9 Å². The number of nitrogens with zero attached hydrogens (tertiary/aromatic N) is 1. The molecule has 0 atom stereocenters. The number of nitro benzene ring substituents is 1. The summed E-state index contributed by atoms with van der Waals surface area (Å²) in [4.78, 5) is 20.4. The van der Waals surface area contributed by atoms with Gasteiger partial charge >= 0.3 is 0 Å². The molecule has 0 aliphatic rings. The van der Waals surface area contributed by atoms with E-state index in [1.165, 1.54) is 36.4 Å². The number of aromatic hydroxyl groups is 1. The zero-order chi connectivity index (χ0) is 19.0. The number of anilines is 1. The lowest BCUT2D eigenvalue weighted by Crippen LogP contribution is -2.10. The quantitative estimate of drug-likeness (QED) is 0.459. The Bertz CT molecular complexity index is 771. The van der Waals surface area contributed by atoms with E-state index in [9.17, 15) is 14.9 Å². The minimum Gasteiger partial charge on any atom is -0.507 e. The van der Waals surface area contributed by atoms with Crippen LogP contribution in [0.2, 0.25) is 10.0 Å². The number of hydrogen-bond donors (Lipinski definition) is 4. The molecule has 0 heterocycles. The van der Waals surface area contributed by atoms with Crippen molar-refractivity contribution in [3.8, 4) is 5.75 Å². The number of carbonyl (C=O) groups excluding carboxylic acids is 1. The molecule has 0 saturated carbocycles. The predicted octanol–water partition coefficient (Wildman–Crippen LogP) is 2.80. The Hall–Kier alpha value is -2.55. The zero-order valence-corrected chi connectivity index (χ0v) is 14.3. The molecule has 2 aromatic rings. The minimum atomic E-state index is -0.690. The molecule has 134 valence electrons. The van der Waals surface area contributed by atoms with E-state index in [2.05, 4.69) is 5.32 Å². The Morgan fingerprint density at radius 1 is 1.24 bits per heavy atom. The second-order valence-electron chi connectivity index (χ2n) is 4.60. The molecule has 2 rings (SSSR count). The second kappa shape index (κ2) is 9.67. The first-order valence-corrected chi connectivity index (χ1v) is 7.58. The van der Waals surface area contributed by atoms with Crippen molar-refractivity contribution in [1.29, 1.82) is 0 Å². The number of nitrogens with two attached hydrogens (primary N) is 1. The summed E-state index contributed by atoms with van der Waals surface area (Å²) in [5.74, 6) is -0.841. The van der Waals surface area contributed by atoms with E-state index in [-0.39, 0.29) is 28.6 Å². The maximum absolute atomic E-state index is 10.6. The number of aliphatic hydroxyl groups excluding tert-OH is 1. The fourth-order valence-corrected chi connectivity index (χ4v) is 2.07. The smallest absolute Gasteiger partial charge is 0.271 e. The summed E-state index contributed by atoms with van der Waals surface area (Å²) in [7, 11) is 0. The van der Waals surface area contributed by atoms with Crippen molar-refractivity contribution in [2.45, 2.75) is 0 Å². The highest BCUT2D eigenvalue weighted by Gasteiger charge is 2.08. The first kappa shape index (κ1) is 20.5. The van der Waals surface area contributed by atoms with E-state index < -0.39 is 10.8 Å². The monoisotopic (exact) mass is 387 g/mol. The number of nitro groups is 1. The SMILES string of the molecule is NC(=O)c1cc(Cl)ccc1O.O=[N+]([O-])c1ccc(NCCO)c(Cl)c1. The van der Waals surface area contributed by atoms with Gasteiger partial charge < -0.3 is 21.3 Å². The molecule has 5 N–H and O–H groups in total. The zero-order valence-electron chi connectivity index (χ0n) is 12.8. The van der Waals surface area contributed by atoms with Crippen molar-refractivity contribution >= 4 is 40.5 Å². The van der Waals surface area contributed by atoms with Crippen molar-refractivity contribution in [2.75, 3.05) is 18.5 Å².